The van der Waals surface area contributed by atoms with Crippen LogP contribution in [0.5, 0.6) is 0 Å². The Morgan fingerprint density at radius 2 is 1.70 bits per heavy atom. The van der Waals surface area contributed by atoms with Crippen LogP contribution in [0.4, 0.5) is 5.69 Å². The Labute approximate surface area is 156 Å². The number of hydrogen-bond acceptors (Lipinski definition) is 6. The van der Waals surface area contributed by atoms with Crippen LogP contribution in [0.2, 0.25) is 0 Å². The lowest BCUT2D eigenvalue weighted by molar-refractivity contribution is -0.385. The van der Waals surface area contributed by atoms with Crippen LogP contribution < -0.4 is 0 Å². The average Bonchev–Trinajstić information content (AvgIpc) is 3.22. The fourth-order valence-electron chi connectivity index (χ4n) is 2.88. The lowest BCUT2D eigenvalue weighted by Gasteiger charge is -2.15. The van der Waals surface area contributed by atoms with Crippen molar-refractivity contribution in [3.8, 4) is 0 Å². The summed E-state index contributed by atoms with van der Waals surface area (Å²) in [5.74, 6) is -0.682. The molecule has 2 aromatic rings. The fourth-order valence-corrected chi connectivity index (χ4v) is 4.40. The first-order valence-corrected chi connectivity index (χ1v) is 9.83. The number of esters is 1. The minimum Gasteiger partial charge on any atom is -0.457 e. The van der Waals surface area contributed by atoms with E-state index in [2.05, 4.69) is 0 Å². The number of hydrogen-bond donors (Lipinski definition) is 0. The van der Waals surface area contributed by atoms with Crippen molar-refractivity contribution in [1.82, 2.24) is 4.31 Å². The van der Waals surface area contributed by atoms with Crippen LogP contribution in [0.1, 0.15) is 28.8 Å². The van der Waals surface area contributed by atoms with Crippen LogP contribution in [-0.2, 0) is 21.4 Å². The Balaban J connectivity index is 1.69. The molecule has 0 atom stereocenters. The number of benzene rings is 2. The third kappa shape index (κ3) is 4.15. The van der Waals surface area contributed by atoms with Gasteiger partial charge in [0.2, 0.25) is 10.0 Å². The van der Waals surface area contributed by atoms with Crippen molar-refractivity contribution in [3.63, 3.8) is 0 Å². The van der Waals surface area contributed by atoms with E-state index in [1.165, 1.54) is 46.8 Å². The summed E-state index contributed by atoms with van der Waals surface area (Å²) in [6.45, 7) is 0.758. The molecule has 1 aliphatic rings. The van der Waals surface area contributed by atoms with E-state index in [1.807, 2.05) is 0 Å². The standard InChI is InChI=1S/C18H18N2O6S/c21-18(26-13-15-5-1-2-6-17(15)20(22)23)14-7-9-16(10-8-14)27(24,25)19-11-3-4-12-19/h1-2,5-10H,3-4,11-13H2. The molecular weight excluding hydrogens is 372 g/mol. The highest BCUT2D eigenvalue weighted by molar-refractivity contribution is 7.89. The molecule has 0 radical (unpaired) electrons. The zero-order valence-corrected chi connectivity index (χ0v) is 15.2. The molecule has 0 aromatic heterocycles. The first-order valence-electron chi connectivity index (χ1n) is 8.39. The van der Waals surface area contributed by atoms with Crippen LogP contribution >= 0.6 is 0 Å². The van der Waals surface area contributed by atoms with Gasteiger partial charge in [0.25, 0.3) is 5.69 Å². The smallest absolute Gasteiger partial charge is 0.338 e. The van der Waals surface area contributed by atoms with Gasteiger partial charge in [0.1, 0.15) is 6.61 Å². The molecule has 142 valence electrons. The summed E-state index contributed by atoms with van der Waals surface area (Å²) in [6, 6.07) is 11.5. The number of ether oxygens (including phenoxy) is 1. The molecule has 0 unspecified atom stereocenters. The summed E-state index contributed by atoms with van der Waals surface area (Å²) >= 11 is 0. The van der Waals surface area contributed by atoms with Gasteiger partial charge in [-0.3, -0.25) is 10.1 Å². The van der Waals surface area contributed by atoms with E-state index in [0.29, 0.717) is 13.1 Å². The minimum atomic E-state index is -3.55. The number of nitrogens with zero attached hydrogens (tertiary/aromatic N) is 2. The number of para-hydroxylation sites is 1. The highest BCUT2D eigenvalue weighted by atomic mass is 32.2. The normalized spacial score (nSPS) is 14.8. The maximum absolute atomic E-state index is 12.5. The van der Waals surface area contributed by atoms with Gasteiger partial charge in [0, 0.05) is 19.2 Å². The first kappa shape index (κ1) is 19.0. The van der Waals surface area contributed by atoms with E-state index in [1.54, 1.807) is 6.07 Å². The van der Waals surface area contributed by atoms with E-state index in [4.69, 9.17) is 4.74 Å². The molecule has 0 N–H and O–H groups in total. The van der Waals surface area contributed by atoms with Gasteiger partial charge in [-0.25, -0.2) is 13.2 Å². The van der Waals surface area contributed by atoms with Gasteiger partial charge < -0.3 is 4.74 Å². The van der Waals surface area contributed by atoms with E-state index in [0.717, 1.165) is 12.8 Å². The van der Waals surface area contributed by atoms with Gasteiger partial charge in [0.15, 0.2) is 0 Å². The van der Waals surface area contributed by atoms with Gasteiger partial charge in [-0.2, -0.15) is 4.31 Å². The van der Waals surface area contributed by atoms with Crippen molar-refractivity contribution < 1.29 is 22.9 Å². The van der Waals surface area contributed by atoms with Gasteiger partial charge >= 0.3 is 5.97 Å². The number of sulfonamides is 1. The van der Waals surface area contributed by atoms with Crippen molar-refractivity contribution in [2.24, 2.45) is 0 Å². The second-order valence-electron chi connectivity index (χ2n) is 6.10. The summed E-state index contributed by atoms with van der Waals surface area (Å²) in [5.41, 5.74) is 0.329. The van der Waals surface area contributed by atoms with E-state index in [-0.39, 0.29) is 28.3 Å². The second kappa shape index (κ2) is 7.85. The predicted octanol–water partition coefficient (Wildman–Crippen LogP) is 2.74. The maximum Gasteiger partial charge on any atom is 0.338 e. The molecule has 0 saturated carbocycles. The Hall–Kier alpha value is -2.78. The van der Waals surface area contributed by atoms with Crippen molar-refractivity contribution in [2.45, 2.75) is 24.3 Å². The molecule has 1 aliphatic heterocycles. The maximum atomic E-state index is 12.5. The number of nitro benzene ring substituents is 1. The summed E-state index contributed by atoms with van der Waals surface area (Å²) in [5, 5.41) is 11.0. The number of carbonyl (C=O) groups excluding carboxylic acids is 1. The molecule has 3 rings (SSSR count). The molecule has 1 heterocycles. The third-order valence-electron chi connectivity index (χ3n) is 4.34. The van der Waals surface area contributed by atoms with Gasteiger partial charge in [-0.15, -0.1) is 0 Å². The van der Waals surface area contributed by atoms with Gasteiger partial charge in [-0.05, 0) is 43.2 Å². The lowest BCUT2D eigenvalue weighted by Crippen LogP contribution is -2.27. The average molecular weight is 390 g/mol. The Kier molecular flexibility index (Phi) is 5.52. The van der Waals surface area contributed by atoms with Crippen LogP contribution in [0, 0.1) is 10.1 Å². The van der Waals surface area contributed by atoms with Gasteiger partial charge in [0.05, 0.1) is 20.9 Å². The van der Waals surface area contributed by atoms with Crippen molar-refractivity contribution >= 4 is 21.7 Å². The predicted molar refractivity (Wildman–Crippen MR) is 96.7 cm³/mol. The Morgan fingerprint density at radius 1 is 1.07 bits per heavy atom. The molecule has 27 heavy (non-hydrogen) atoms. The van der Waals surface area contributed by atoms with Crippen molar-refractivity contribution in [2.75, 3.05) is 13.1 Å². The van der Waals surface area contributed by atoms with Crippen LogP contribution in [0.25, 0.3) is 0 Å². The SMILES string of the molecule is O=C(OCc1ccccc1[N+](=O)[O-])c1ccc(S(=O)(=O)N2CCCC2)cc1. The molecular formula is C18H18N2O6S. The molecule has 2 aromatic carbocycles. The van der Waals surface area contributed by atoms with Crippen LogP contribution in [0.15, 0.2) is 53.4 Å². The zero-order valence-electron chi connectivity index (χ0n) is 14.4. The molecule has 0 bridgehead atoms. The van der Waals surface area contributed by atoms with Crippen LogP contribution in [0.3, 0.4) is 0 Å². The quantitative estimate of drug-likeness (QED) is 0.426. The van der Waals surface area contributed by atoms with Crippen LogP contribution in [-0.4, -0.2) is 36.7 Å². The van der Waals surface area contributed by atoms with Crippen molar-refractivity contribution in [1.29, 1.82) is 0 Å². The summed E-state index contributed by atoms with van der Waals surface area (Å²) in [7, 11) is -3.55. The van der Waals surface area contributed by atoms with E-state index in [9.17, 15) is 23.3 Å². The molecule has 1 fully saturated rings. The first-order chi connectivity index (χ1) is 12.9. The molecule has 0 aliphatic carbocycles. The molecule has 0 spiro atoms. The highest BCUT2D eigenvalue weighted by Crippen LogP contribution is 2.22. The zero-order chi connectivity index (χ0) is 19.4. The molecule has 9 heteroatoms. The second-order valence-corrected chi connectivity index (χ2v) is 8.04. The topological polar surface area (TPSA) is 107 Å². The molecule has 8 nitrogen and oxygen atoms in total. The highest BCUT2D eigenvalue weighted by Gasteiger charge is 2.27. The summed E-state index contributed by atoms with van der Waals surface area (Å²) in [6.07, 6.45) is 1.69. The summed E-state index contributed by atoms with van der Waals surface area (Å²) < 4.78 is 31.5. The Morgan fingerprint density at radius 3 is 2.33 bits per heavy atom. The third-order valence-corrected chi connectivity index (χ3v) is 6.25. The monoisotopic (exact) mass is 390 g/mol. The van der Waals surface area contributed by atoms with Crippen molar-refractivity contribution in [3.05, 3.63) is 69.8 Å². The number of carbonyl (C=O) groups is 1. The lowest BCUT2D eigenvalue weighted by atomic mass is 10.2. The number of nitro groups is 1. The minimum absolute atomic E-state index is 0.125. The molecule has 0 amide bonds. The largest absolute Gasteiger partial charge is 0.457 e. The van der Waals surface area contributed by atoms with E-state index < -0.39 is 20.9 Å². The summed E-state index contributed by atoms with van der Waals surface area (Å²) in [4.78, 5) is 22.7. The fraction of sp³-hybridized carbons (Fsp3) is 0.278. The van der Waals surface area contributed by atoms with E-state index >= 15 is 0 Å². The number of rotatable bonds is 6. The van der Waals surface area contributed by atoms with Gasteiger partial charge in [-0.1, -0.05) is 12.1 Å². The Bertz CT molecular complexity index is 950. The molecule has 1 saturated heterocycles.